The second-order valence-corrected chi connectivity index (χ2v) is 4.88. The van der Waals surface area contributed by atoms with Gasteiger partial charge in [0.15, 0.2) is 11.6 Å². The second-order valence-electron chi connectivity index (χ2n) is 4.48. The van der Waals surface area contributed by atoms with Crippen LogP contribution in [0.1, 0.15) is 15.9 Å². The fourth-order valence-electron chi connectivity index (χ4n) is 1.82. The first-order chi connectivity index (χ1) is 10.4. The molecule has 0 saturated carbocycles. The normalized spacial score (nSPS) is 10.3. The van der Waals surface area contributed by atoms with Crippen LogP contribution in [0, 0.1) is 5.82 Å². The average molecular weight is 324 g/mol. The zero-order valence-electron chi connectivity index (χ0n) is 11.1. The standard InChI is InChI=1S/C15H11ClFNO4/c16-10-5-6-11(19)14(17)13(10)15(22)18-9-3-1-8(2-4-9)7-12(20)21/h1-6,19H,7H2,(H,18,22)(H,20,21). The lowest BCUT2D eigenvalue weighted by Crippen LogP contribution is -2.14. The Morgan fingerprint density at radius 3 is 2.36 bits per heavy atom. The number of nitrogens with one attached hydrogen (secondary N) is 1. The van der Waals surface area contributed by atoms with E-state index in [0.29, 0.717) is 11.3 Å². The van der Waals surface area contributed by atoms with Gasteiger partial charge in [-0.15, -0.1) is 0 Å². The van der Waals surface area contributed by atoms with Gasteiger partial charge in [-0.25, -0.2) is 4.39 Å². The van der Waals surface area contributed by atoms with Crippen molar-refractivity contribution in [2.75, 3.05) is 5.32 Å². The first-order valence-corrected chi connectivity index (χ1v) is 6.55. The minimum absolute atomic E-state index is 0.129. The molecule has 0 spiro atoms. The third-order valence-electron chi connectivity index (χ3n) is 2.86. The first kappa shape index (κ1) is 15.8. The minimum Gasteiger partial charge on any atom is -0.505 e. The number of phenols is 1. The lowest BCUT2D eigenvalue weighted by Gasteiger charge is -2.09. The van der Waals surface area contributed by atoms with E-state index in [9.17, 15) is 19.1 Å². The zero-order chi connectivity index (χ0) is 16.3. The van der Waals surface area contributed by atoms with Crippen molar-refractivity contribution >= 4 is 29.2 Å². The largest absolute Gasteiger partial charge is 0.505 e. The Bertz CT molecular complexity index is 731. The van der Waals surface area contributed by atoms with Gasteiger partial charge in [-0.2, -0.15) is 0 Å². The molecule has 114 valence electrons. The lowest BCUT2D eigenvalue weighted by molar-refractivity contribution is -0.136. The van der Waals surface area contributed by atoms with E-state index >= 15 is 0 Å². The van der Waals surface area contributed by atoms with E-state index < -0.39 is 29.0 Å². The van der Waals surface area contributed by atoms with Crippen molar-refractivity contribution in [1.82, 2.24) is 0 Å². The molecule has 0 radical (unpaired) electrons. The van der Waals surface area contributed by atoms with E-state index in [2.05, 4.69) is 5.32 Å². The highest BCUT2D eigenvalue weighted by Gasteiger charge is 2.19. The number of benzene rings is 2. The van der Waals surface area contributed by atoms with Gasteiger partial charge in [-0.1, -0.05) is 23.7 Å². The number of amides is 1. The summed E-state index contributed by atoms with van der Waals surface area (Å²) in [6, 6.07) is 8.31. The zero-order valence-corrected chi connectivity index (χ0v) is 11.9. The van der Waals surface area contributed by atoms with Crippen LogP contribution in [-0.2, 0) is 11.2 Å². The maximum absolute atomic E-state index is 13.8. The quantitative estimate of drug-likeness (QED) is 0.807. The molecule has 0 atom stereocenters. The Balaban J connectivity index is 2.19. The van der Waals surface area contributed by atoms with Gasteiger partial charge in [0, 0.05) is 5.69 Å². The van der Waals surface area contributed by atoms with E-state index in [1.54, 1.807) is 0 Å². The second kappa shape index (κ2) is 6.44. The number of phenolic OH excluding ortho intramolecular Hbond substituents is 1. The van der Waals surface area contributed by atoms with Crippen molar-refractivity contribution in [1.29, 1.82) is 0 Å². The predicted octanol–water partition coefficient (Wildman–Crippen LogP) is 3.06. The number of carboxylic acids is 1. The monoisotopic (exact) mass is 323 g/mol. The highest BCUT2D eigenvalue weighted by Crippen LogP contribution is 2.27. The molecule has 2 rings (SSSR count). The lowest BCUT2D eigenvalue weighted by atomic mass is 10.1. The van der Waals surface area contributed by atoms with Gasteiger partial charge in [-0.05, 0) is 29.8 Å². The molecule has 0 heterocycles. The Labute approximate surface area is 130 Å². The van der Waals surface area contributed by atoms with Crippen LogP contribution >= 0.6 is 11.6 Å². The van der Waals surface area contributed by atoms with E-state index in [1.165, 1.54) is 30.3 Å². The fraction of sp³-hybridized carbons (Fsp3) is 0.0667. The summed E-state index contributed by atoms with van der Waals surface area (Å²) in [4.78, 5) is 22.6. The Kier molecular flexibility index (Phi) is 4.62. The number of carbonyl (C=O) groups excluding carboxylic acids is 1. The number of carbonyl (C=O) groups is 2. The highest BCUT2D eigenvalue weighted by molar-refractivity contribution is 6.34. The van der Waals surface area contributed by atoms with Crippen molar-refractivity contribution < 1.29 is 24.2 Å². The molecule has 0 bridgehead atoms. The van der Waals surface area contributed by atoms with Gasteiger partial charge < -0.3 is 15.5 Å². The van der Waals surface area contributed by atoms with Gasteiger partial charge in [0.1, 0.15) is 0 Å². The van der Waals surface area contributed by atoms with Gasteiger partial charge in [0.05, 0.1) is 17.0 Å². The van der Waals surface area contributed by atoms with Crippen molar-refractivity contribution in [3.8, 4) is 5.75 Å². The number of rotatable bonds is 4. The van der Waals surface area contributed by atoms with E-state index in [1.807, 2.05) is 0 Å². The van der Waals surface area contributed by atoms with Gasteiger partial charge >= 0.3 is 5.97 Å². The van der Waals surface area contributed by atoms with E-state index in [-0.39, 0.29) is 11.4 Å². The van der Waals surface area contributed by atoms with Crippen LogP contribution in [0.5, 0.6) is 5.75 Å². The molecular formula is C15H11ClFNO4. The van der Waals surface area contributed by atoms with E-state index in [4.69, 9.17) is 16.7 Å². The van der Waals surface area contributed by atoms with Crippen LogP contribution in [0.4, 0.5) is 10.1 Å². The summed E-state index contributed by atoms with van der Waals surface area (Å²) in [7, 11) is 0. The molecule has 0 aliphatic rings. The van der Waals surface area contributed by atoms with Crippen molar-refractivity contribution in [3.63, 3.8) is 0 Å². The molecule has 0 aliphatic carbocycles. The van der Waals surface area contributed by atoms with Gasteiger partial charge in [0.25, 0.3) is 5.91 Å². The third kappa shape index (κ3) is 3.53. The van der Waals surface area contributed by atoms with Crippen LogP contribution in [0.3, 0.4) is 0 Å². The molecule has 3 N–H and O–H groups in total. The number of aromatic hydroxyl groups is 1. The summed E-state index contributed by atoms with van der Waals surface area (Å²) in [5, 5.41) is 20.3. The number of hydrogen-bond donors (Lipinski definition) is 3. The minimum atomic E-state index is -1.10. The topological polar surface area (TPSA) is 86.6 Å². The highest BCUT2D eigenvalue weighted by atomic mass is 35.5. The molecule has 1 amide bonds. The molecule has 2 aromatic rings. The summed E-state index contributed by atoms with van der Waals surface area (Å²) in [6.45, 7) is 0. The van der Waals surface area contributed by atoms with Gasteiger partial charge in [0.2, 0.25) is 0 Å². The summed E-state index contributed by atoms with van der Waals surface area (Å²) < 4.78 is 13.8. The van der Waals surface area contributed by atoms with Crippen molar-refractivity contribution in [2.45, 2.75) is 6.42 Å². The molecule has 0 unspecified atom stereocenters. The molecule has 7 heteroatoms. The molecule has 0 aromatic heterocycles. The average Bonchev–Trinajstić information content (AvgIpc) is 2.45. The molecule has 0 aliphatic heterocycles. The summed E-state index contributed by atoms with van der Waals surface area (Å²) in [5.41, 5.74) is 0.446. The van der Waals surface area contributed by atoms with Crippen molar-refractivity contribution in [3.05, 3.63) is 58.4 Å². The number of halogens is 2. The molecule has 0 saturated heterocycles. The van der Waals surface area contributed by atoms with E-state index in [0.717, 1.165) is 6.07 Å². The molecule has 22 heavy (non-hydrogen) atoms. The van der Waals surface area contributed by atoms with Crippen LogP contribution in [-0.4, -0.2) is 22.1 Å². The van der Waals surface area contributed by atoms with Crippen LogP contribution < -0.4 is 5.32 Å². The maximum Gasteiger partial charge on any atom is 0.307 e. The van der Waals surface area contributed by atoms with Crippen LogP contribution in [0.25, 0.3) is 0 Å². The Hall–Kier alpha value is -2.60. The first-order valence-electron chi connectivity index (χ1n) is 6.17. The maximum atomic E-state index is 13.8. The van der Waals surface area contributed by atoms with Gasteiger partial charge in [-0.3, -0.25) is 9.59 Å². The number of hydrogen-bond acceptors (Lipinski definition) is 3. The van der Waals surface area contributed by atoms with Crippen LogP contribution in [0.15, 0.2) is 36.4 Å². The summed E-state index contributed by atoms with van der Waals surface area (Å²) >= 11 is 5.77. The number of carboxylic acid groups (broad SMARTS) is 1. The molecular weight excluding hydrogens is 313 g/mol. The smallest absolute Gasteiger partial charge is 0.307 e. The van der Waals surface area contributed by atoms with Crippen molar-refractivity contribution in [2.24, 2.45) is 0 Å². The summed E-state index contributed by atoms with van der Waals surface area (Å²) in [5.74, 6) is -3.56. The fourth-order valence-corrected chi connectivity index (χ4v) is 2.06. The SMILES string of the molecule is O=C(O)Cc1ccc(NC(=O)c2c(Cl)ccc(O)c2F)cc1. The number of aliphatic carboxylic acids is 1. The van der Waals surface area contributed by atoms with Crippen LogP contribution in [0.2, 0.25) is 5.02 Å². The number of anilines is 1. The summed E-state index contributed by atoms with van der Waals surface area (Å²) in [6.07, 6.45) is -0.138. The Morgan fingerprint density at radius 2 is 1.77 bits per heavy atom. The molecule has 0 fully saturated rings. The predicted molar refractivity (Wildman–Crippen MR) is 78.8 cm³/mol. The Morgan fingerprint density at radius 1 is 1.14 bits per heavy atom. The molecule has 5 nitrogen and oxygen atoms in total. The third-order valence-corrected chi connectivity index (χ3v) is 3.18. The molecule has 2 aromatic carbocycles.